The van der Waals surface area contributed by atoms with Crippen molar-refractivity contribution in [2.45, 2.75) is 0 Å². The Morgan fingerprint density at radius 1 is 2.00 bits per heavy atom. The summed E-state index contributed by atoms with van der Waals surface area (Å²) in [5.41, 5.74) is 0. The van der Waals surface area contributed by atoms with Gasteiger partial charge in [-0.15, -0.1) is 0 Å². The van der Waals surface area contributed by atoms with Crippen LogP contribution in [0.3, 0.4) is 0 Å². The first-order chi connectivity index (χ1) is 3.29. The zero-order valence-corrected chi connectivity index (χ0v) is 4.74. The Labute approximate surface area is 47.8 Å². The molecule has 0 aromatic rings. The second kappa shape index (κ2) is 1.70. The first kappa shape index (κ1) is 4.91. The summed E-state index contributed by atoms with van der Waals surface area (Å²) in [5.74, 6) is 0. The van der Waals surface area contributed by atoms with Gasteiger partial charge in [0.2, 0.25) is 0 Å². The first-order valence-electron chi connectivity index (χ1n) is 1.98. The largest absolute Gasteiger partial charge is 0.298 e. The van der Waals surface area contributed by atoms with Crippen LogP contribution in [0.2, 0.25) is 0 Å². The fourth-order valence-electron chi connectivity index (χ4n) is 0.400. The highest BCUT2D eigenvalue weighted by molar-refractivity contribution is 6.67. The lowest BCUT2D eigenvalue weighted by Crippen LogP contribution is -2.04. The molecule has 0 unspecified atom stereocenters. The molecule has 1 aliphatic rings. The number of hydrogen-bond acceptors (Lipinski definition) is 2. The number of nitrogens with zero attached hydrogens (tertiary/aromatic N) is 2. The number of hydrogen-bond donors (Lipinski definition) is 0. The molecule has 0 atom stereocenters. The lowest BCUT2D eigenvalue weighted by Gasteiger charge is -1.99. The van der Waals surface area contributed by atoms with Crippen LogP contribution in [0.1, 0.15) is 0 Å². The van der Waals surface area contributed by atoms with E-state index < -0.39 is 0 Å². The third-order valence-electron chi connectivity index (χ3n) is 0.712. The molecule has 1 aliphatic heterocycles. The van der Waals surface area contributed by atoms with E-state index in [2.05, 4.69) is 11.5 Å². The van der Waals surface area contributed by atoms with E-state index in [0.29, 0.717) is 5.17 Å². The molecular formula is C4H5ClN2. The van der Waals surface area contributed by atoms with Crippen LogP contribution >= 0.6 is 11.6 Å². The quantitative estimate of drug-likeness (QED) is 0.452. The standard InChI is InChI=1S/C4H5ClN2/c1-7-3-2-4(5)6-7/h3H2,1H3. The molecule has 0 amide bonds. The van der Waals surface area contributed by atoms with Crippen molar-refractivity contribution in [2.24, 2.45) is 5.10 Å². The molecule has 0 aromatic carbocycles. The van der Waals surface area contributed by atoms with E-state index in [1.807, 2.05) is 7.05 Å². The third kappa shape index (κ3) is 1.06. The van der Waals surface area contributed by atoms with Gasteiger partial charge in [0.15, 0.2) is 0 Å². The summed E-state index contributed by atoms with van der Waals surface area (Å²) >= 11 is 5.40. The molecule has 7 heavy (non-hydrogen) atoms. The highest BCUT2D eigenvalue weighted by atomic mass is 35.5. The fourth-order valence-corrected chi connectivity index (χ4v) is 0.589. The van der Waals surface area contributed by atoms with Crippen molar-refractivity contribution in [2.75, 3.05) is 13.6 Å². The van der Waals surface area contributed by atoms with Gasteiger partial charge in [0.1, 0.15) is 5.17 Å². The van der Waals surface area contributed by atoms with Gasteiger partial charge in [-0.25, -0.2) is 0 Å². The van der Waals surface area contributed by atoms with Crippen LogP contribution in [0.4, 0.5) is 0 Å². The van der Waals surface area contributed by atoms with E-state index in [1.165, 1.54) is 0 Å². The van der Waals surface area contributed by atoms with Gasteiger partial charge in [-0.05, 0) is 0 Å². The van der Waals surface area contributed by atoms with Crippen LogP contribution in [-0.2, 0) is 0 Å². The predicted molar refractivity (Wildman–Crippen MR) is 29.2 cm³/mol. The van der Waals surface area contributed by atoms with Crippen molar-refractivity contribution in [1.82, 2.24) is 5.01 Å². The highest BCUT2D eigenvalue weighted by Crippen LogP contribution is 2.03. The zero-order chi connectivity index (χ0) is 5.28. The van der Waals surface area contributed by atoms with Gasteiger partial charge in [0.05, 0.1) is 13.0 Å². The molecule has 0 bridgehead atoms. The van der Waals surface area contributed by atoms with Crippen molar-refractivity contribution in [1.29, 1.82) is 0 Å². The maximum Gasteiger partial charge on any atom is 0.136 e. The topological polar surface area (TPSA) is 15.6 Å². The SMILES string of the molecule is CN1C[C]C(Cl)=N1. The van der Waals surface area contributed by atoms with E-state index >= 15 is 0 Å². The molecule has 0 aromatic heterocycles. The summed E-state index contributed by atoms with van der Waals surface area (Å²) < 4.78 is 0. The molecule has 1 heterocycles. The number of halogens is 1. The molecule has 0 saturated carbocycles. The first-order valence-corrected chi connectivity index (χ1v) is 2.36. The van der Waals surface area contributed by atoms with Crippen molar-refractivity contribution >= 4 is 16.8 Å². The zero-order valence-electron chi connectivity index (χ0n) is 3.98. The number of rotatable bonds is 0. The highest BCUT2D eigenvalue weighted by Gasteiger charge is 2.06. The Bertz CT molecular complexity index is 99.9. The van der Waals surface area contributed by atoms with Crippen LogP contribution < -0.4 is 0 Å². The summed E-state index contributed by atoms with van der Waals surface area (Å²) in [7, 11) is 1.85. The van der Waals surface area contributed by atoms with Gasteiger partial charge < -0.3 is 0 Å². The van der Waals surface area contributed by atoms with Crippen LogP contribution in [0.5, 0.6) is 0 Å². The molecule has 2 radical (unpaired) electrons. The van der Waals surface area contributed by atoms with Gasteiger partial charge >= 0.3 is 0 Å². The van der Waals surface area contributed by atoms with Gasteiger partial charge in [-0.3, -0.25) is 5.01 Å². The van der Waals surface area contributed by atoms with Crippen molar-refractivity contribution < 1.29 is 0 Å². The summed E-state index contributed by atoms with van der Waals surface area (Å²) in [6.07, 6.45) is 2.81. The van der Waals surface area contributed by atoms with Gasteiger partial charge in [0.25, 0.3) is 0 Å². The fraction of sp³-hybridized carbons (Fsp3) is 0.500. The van der Waals surface area contributed by atoms with Crippen LogP contribution in [-0.4, -0.2) is 23.8 Å². The van der Waals surface area contributed by atoms with E-state index in [4.69, 9.17) is 11.6 Å². The summed E-state index contributed by atoms with van der Waals surface area (Å²) in [6.45, 7) is 0.721. The molecule has 2 nitrogen and oxygen atoms in total. The lowest BCUT2D eigenvalue weighted by molar-refractivity contribution is 0.409. The molecular weight excluding hydrogens is 112 g/mol. The molecule has 38 valence electrons. The van der Waals surface area contributed by atoms with Crippen LogP contribution in [0, 0.1) is 6.42 Å². The Kier molecular flexibility index (Phi) is 1.19. The Hall–Kier alpha value is -0.240. The second-order valence-electron chi connectivity index (χ2n) is 1.38. The molecule has 0 aliphatic carbocycles. The summed E-state index contributed by atoms with van der Waals surface area (Å²) in [5, 5.41) is 5.99. The smallest absolute Gasteiger partial charge is 0.136 e. The van der Waals surface area contributed by atoms with E-state index in [1.54, 1.807) is 5.01 Å². The molecule has 3 heteroatoms. The maximum atomic E-state index is 5.40. The monoisotopic (exact) mass is 116 g/mol. The average molecular weight is 117 g/mol. The average Bonchev–Trinajstić information content (AvgIpc) is 1.87. The lowest BCUT2D eigenvalue weighted by atomic mass is 10.5. The minimum atomic E-state index is 0.475. The number of hydrazone groups is 1. The van der Waals surface area contributed by atoms with Gasteiger partial charge in [0, 0.05) is 7.05 Å². The molecule has 0 fully saturated rings. The van der Waals surface area contributed by atoms with E-state index in [0.717, 1.165) is 6.54 Å². The van der Waals surface area contributed by atoms with E-state index in [9.17, 15) is 0 Å². The minimum absolute atomic E-state index is 0.475. The molecule has 0 spiro atoms. The van der Waals surface area contributed by atoms with Crippen LogP contribution in [0.25, 0.3) is 0 Å². The Morgan fingerprint density at radius 2 is 2.71 bits per heavy atom. The van der Waals surface area contributed by atoms with Crippen LogP contribution in [0.15, 0.2) is 5.10 Å². The van der Waals surface area contributed by atoms with Crippen molar-refractivity contribution in [3.63, 3.8) is 0 Å². The predicted octanol–water partition coefficient (Wildman–Crippen LogP) is 0.565. The maximum absolute atomic E-state index is 5.40. The summed E-state index contributed by atoms with van der Waals surface area (Å²) in [6, 6.07) is 0. The van der Waals surface area contributed by atoms with Crippen molar-refractivity contribution in [3.8, 4) is 0 Å². The minimum Gasteiger partial charge on any atom is -0.298 e. The van der Waals surface area contributed by atoms with Gasteiger partial charge in [-0.2, -0.15) is 5.10 Å². The van der Waals surface area contributed by atoms with E-state index in [-0.39, 0.29) is 0 Å². The second-order valence-corrected chi connectivity index (χ2v) is 1.74. The normalized spacial score (nSPS) is 20.3. The summed E-state index contributed by atoms with van der Waals surface area (Å²) in [4.78, 5) is 0. The Balaban J connectivity index is 2.50. The van der Waals surface area contributed by atoms with Crippen molar-refractivity contribution in [3.05, 3.63) is 6.42 Å². The Morgan fingerprint density at radius 3 is 2.86 bits per heavy atom. The molecule has 1 rings (SSSR count). The third-order valence-corrected chi connectivity index (χ3v) is 0.921. The molecule has 0 N–H and O–H groups in total. The van der Waals surface area contributed by atoms with Gasteiger partial charge in [-0.1, -0.05) is 11.6 Å². The molecule has 0 saturated heterocycles.